The van der Waals surface area contributed by atoms with Crippen LogP contribution in [0.2, 0.25) is 0 Å². The topological polar surface area (TPSA) is 66.0 Å². The van der Waals surface area contributed by atoms with Gasteiger partial charge in [0.05, 0.1) is 12.6 Å². The third kappa shape index (κ3) is 3.46. The van der Waals surface area contributed by atoms with Gasteiger partial charge in [-0.05, 0) is 18.8 Å². The summed E-state index contributed by atoms with van der Waals surface area (Å²) >= 11 is 1.73. The Bertz CT molecular complexity index is 374. The molecule has 0 unspecified atom stereocenters. The predicted molar refractivity (Wildman–Crippen MR) is 72.4 cm³/mol. The molecule has 1 aromatic heterocycles. The van der Waals surface area contributed by atoms with Gasteiger partial charge in [-0.25, -0.2) is 0 Å². The fourth-order valence-corrected chi connectivity index (χ4v) is 3.10. The van der Waals surface area contributed by atoms with Crippen LogP contribution in [0.4, 0.5) is 0 Å². The van der Waals surface area contributed by atoms with Crippen molar-refractivity contribution in [2.45, 2.75) is 51.0 Å². The van der Waals surface area contributed by atoms with Crippen molar-refractivity contribution in [3.63, 3.8) is 0 Å². The summed E-state index contributed by atoms with van der Waals surface area (Å²) in [5.74, 6) is 2.40. The molecule has 2 rings (SSSR count). The number of aromatic nitrogens is 3. The van der Waals surface area contributed by atoms with Gasteiger partial charge in [0.2, 0.25) is 0 Å². The van der Waals surface area contributed by atoms with E-state index in [1.165, 1.54) is 6.42 Å². The zero-order valence-corrected chi connectivity index (χ0v) is 11.9. The van der Waals surface area contributed by atoms with E-state index in [9.17, 15) is 0 Å². The number of thioether (sulfide) groups is 1. The SMILES string of the molecule is CC(C)Cn1c(CN)nnc1SC[C@H]1CCCO1. The van der Waals surface area contributed by atoms with Crippen LogP contribution in [0.5, 0.6) is 0 Å². The molecule has 1 aliphatic rings. The quantitative estimate of drug-likeness (QED) is 0.796. The van der Waals surface area contributed by atoms with Crippen LogP contribution >= 0.6 is 11.8 Å². The summed E-state index contributed by atoms with van der Waals surface area (Å²) < 4.78 is 7.77. The highest BCUT2D eigenvalue weighted by atomic mass is 32.2. The van der Waals surface area contributed by atoms with E-state index in [1.54, 1.807) is 11.8 Å². The van der Waals surface area contributed by atoms with Crippen molar-refractivity contribution in [2.75, 3.05) is 12.4 Å². The molecule has 2 N–H and O–H groups in total. The van der Waals surface area contributed by atoms with Crippen molar-refractivity contribution >= 4 is 11.8 Å². The lowest BCUT2D eigenvalue weighted by Crippen LogP contribution is -2.14. The second kappa shape index (κ2) is 6.54. The van der Waals surface area contributed by atoms with Crippen LogP contribution in [0.3, 0.4) is 0 Å². The van der Waals surface area contributed by atoms with E-state index in [4.69, 9.17) is 10.5 Å². The van der Waals surface area contributed by atoms with E-state index < -0.39 is 0 Å². The number of rotatable bonds is 6. The summed E-state index contributed by atoms with van der Waals surface area (Å²) in [7, 11) is 0. The lowest BCUT2D eigenvalue weighted by molar-refractivity contribution is 0.129. The fourth-order valence-electron chi connectivity index (χ4n) is 2.07. The molecule has 6 heteroatoms. The van der Waals surface area contributed by atoms with Crippen LogP contribution in [0.1, 0.15) is 32.5 Å². The molecular weight excluding hydrogens is 248 g/mol. The average molecular weight is 270 g/mol. The highest BCUT2D eigenvalue weighted by Crippen LogP contribution is 2.23. The van der Waals surface area contributed by atoms with Crippen LogP contribution in [0, 0.1) is 5.92 Å². The molecular formula is C12H22N4OS. The molecule has 0 amide bonds. The summed E-state index contributed by atoms with van der Waals surface area (Å²) in [5.41, 5.74) is 5.70. The van der Waals surface area contributed by atoms with Gasteiger partial charge in [-0.3, -0.25) is 0 Å². The number of ether oxygens (including phenoxy) is 1. The second-order valence-electron chi connectivity index (χ2n) is 5.05. The maximum atomic E-state index is 5.70. The zero-order chi connectivity index (χ0) is 13.0. The Balaban J connectivity index is 1.99. The van der Waals surface area contributed by atoms with Gasteiger partial charge in [0.15, 0.2) is 5.16 Å². The molecule has 1 fully saturated rings. The minimum atomic E-state index is 0.375. The van der Waals surface area contributed by atoms with E-state index in [0.29, 0.717) is 18.6 Å². The number of hydrogen-bond acceptors (Lipinski definition) is 5. The predicted octanol–water partition coefficient (Wildman–Crippen LogP) is 1.66. The molecule has 1 aromatic rings. The van der Waals surface area contributed by atoms with Crippen LogP contribution < -0.4 is 5.73 Å². The first-order valence-electron chi connectivity index (χ1n) is 6.57. The second-order valence-corrected chi connectivity index (χ2v) is 6.04. The lowest BCUT2D eigenvalue weighted by atomic mass is 10.2. The van der Waals surface area contributed by atoms with E-state index in [-0.39, 0.29) is 0 Å². The maximum Gasteiger partial charge on any atom is 0.191 e. The summed E-state index contributed by atoms with van der Waals surface area (Å²) in [5, 5.41) is 9.37. The summed E-state index contributed by atoms with van der Waals surface area (Å²) in [6.07, 6.45) is 2.72. The van der Waals surface area contributed by atoms with E-state index in [2.05, 4.69) is 28.6 Å². The van der Waals surface area contributed by atoms with E-state index in [0.717, 1.165) is 36.3 Å². The molecule has 102 valence electrons. The van der Waals surface area contributed by atoms with Crippen LogP contribution in [0.15, 0.2) is 5.16 Å². The number of nitrogens with two attached hydrogens (primary N) is 1. The Morgan fingerprint density at radius 1 is 1.50 bits per heavy atom. The molecule has 0 aliphatic carbocycles. The number of hydrogen-bond donors (Lipinski definition) is 1. The Morgan fingerprint density at radius 3 is 2.94 bits per heavy atom. The molecule has 0 saturated carbocycles. The Kier molecular flexibility index (Phi) is 5.03. The molecule has 1 aliphatic heterocycles. The van der Waals surface area contributed by atoms with Crippen LogP contribution in [-0.2, 0) is 17.8 Å². The smallest absolute Gasteiger partial charge is 0.191 e. The van der Waals surface area contributed by atoms with Crippen molar-refractivity contribution in [3.8, 4) is 0 Å². The van der Waals surface area contributed by atoms with Gasteiger partial charge in [-0.15, -0.1) is 10.2 Å². The first-order valence-corrected chi connectivity index (χ1v) is 7.55. The summed E-state index contributed by atoms with van der Waals surface area (Å²) in [6, 6.07) is 0. The Hall–Kier alpha value is -0.590. The highest BCUT2D eigenvalue weighted by Gasteiger charge is 2.18. The van der Waals surface area contributed by atoms with Crippen molar-refractivity contribution in [2.24, 2.45) is 11.7 Å². The van der Waals surface area contributed by atoms with Crippen molar-refractivity contribution in [3.05, 3.63) is 5.82 Å². The van der Waals surface area contributed by atoms with Crippen LogP contribution in [-0.4, -0.2) is 33.2 Å². The normalized spacial score (nSPS) is 19.9. The molecule has 1 atom stereocenters. The standard InChI is InChI=1S/C12H22N4OS/c1-9(2)7-16-11(6-13)14-15-12(16)18-8-10-4-3-5-17-10/h9-10H,3-8,13H2,1-2H3/t10-/m1/s1. The van der Waals surface area contributed by atoms with Gasteiger partial charge >= 0.3 is 0 Å². The lowest BCUT2D eigenvalue weighted by Gasteiger charge is -2.13. The van der Waals surface area contributed by atoms with Crippen molar-refractivity contribution in [1.82, 2.24) is 14.8 Å². The van der Waals surface area contributed by atoms with E-state index >= 15 is 0 Å². The molecule has 2 heterocycles. The Morgan fingerprint density at radius 2 is 2.33 bits per heavy atom. The Labute approximate surface area is 112 Å². The fraction of sp³-hybridized carbons (Fsp3) is 0.833. The van der Waals surface area contributed by atoms with Gasteiger partial charge in [0.1, 0.15) is 5.82 Å². The van der Waals surface area contributed by atoms with Gasteiger partial charge in [0, 0.05) is 18.9 Å². The van der Waals surface area contributed by atoms with Gasteiger partial charge in [-0.1, -0.05) is 25.6 Å². The van der Waals surface area contributed by atoms with Crippen LogP contribution in [0.25, 0.3) is 0 Å². The van der Waals surface area contributed by atoms with Gasteiger partial charge in [0.25, 0.3) is 0 Å². The first-order chi connectivity index (χ1) is 8.70. The van der Waals surface area contributed by atoms with E-state index in [1.807, 2.05) is 0 Å². The molecule has 0 bridgehead atoms. The number of nitrogens with zero attached hydrogens (tertiary/aromatic N) is 3. The largest absolute Gasteiger partial charge is 0.377 e. The zero-order valence-electron chi connectivity index (χ0n) is 11.1. The minimum Gasteiger partial charge on any atom is -0.377 e. The summed E-state index contributed by atoms with van der Waals surface area (Å²) in [4.78, 5) is 0. The molecule has 0 spiro atoms. The third-order valence-corrected chi connectivity index (χ3v) is 4.04. The minimum absolute atomic E-state index is 0.375. The maximum absolute atomic E-state index is 5.70. The molecule has 0 aromatic carbocycles. The van der Waals surface area contributed by atoms with Crippen molar-refractivity contribution in [1.29, 1.82) is 0 Å². The van der Waals surface area contributed by atoms with Crippen molar-refractivity contribution < 1.29 is 4.74 Å². The van der Waals surface area contributed by atoms with Gasteiger partial charge in [-0.2, -0.15) is 0 Å². The molecule has 0 radical (unpaired) electrons. The highest BCUT2D eigenvalue weighted by molar-refractivity contribution is 7.99. The molecule has 5 nitrogen and oxygen atoms in total. The monoisotopic (exact) mass is 270 g/mol. The molecule has 1 saturated heterocycles. The average Bonchev–Trinajstić information content (AvgIpc) is 2.95. The third-order valence-electron chi connectivity index (χ3n) is 2.95. The first kappa shape index (κ1) is 13.8. The molecule has 18 heavy (non-hydrogen) atoms. The van der Waals surface area contributed by atoms with Gasteiger partial charge < -0.3 is 15.0 Å². The summed E-state index contributed by atoms with van der Waals surface area (Å²) in [6.45, 7) is 6.65.